The Bertz CT molecular complexity index is 342. The molecule has 0 spiro atoms. The van der Waals surface area contributed by atoms with Gasteiger partial charge in [0.05, 0.1) is 6.10 Å². The van der Waals surface area contributed by atoms with E-state index in [1.54, 1.807) is 0 Å². The van der Waals surface area contributed by atoms with Crippen molar-refractivity contribution in [1.29, 1.82) is 0 Å². The summed E-state index contributed by atoms with van der Waals surface area (Å²) in [5, 5.41) is 10.3. The Kier molecular flexibility index (Phi) is 3.79. The smallest absolute Gasteiger partial charge is 0.0821 e. The third-order valence-electron chi connectivity index (χ3n) is 3.61. The van der Waals surface area contributed by atoms with Crippen LogP contribution < -0.4 is 0 Å². The molecule has 0 bridgehead atoms. The molecule has 16 heavy (non-hydrogen) atoms. The fraction of sp³-hybridized carbons (Fsp3) is 0.467. The predicted octanol–water partition coefficient (Wildman–Crippen LogP) is 3.71. The monoisotopic (exact) mass is 216 g/mol. The molecule has 3 atom stereocenters. The normalized spacial score (nSPS) is 24.0. The number of aliphatic hydroxyl groups is 1. The Balaban J connectivity index is 2.06. The van der Waals surface area contributed by atoms with E-state index in [0.29, 0.717) is 11.8 Å². The highest BCUT2D eigenvalue weighted by Gasteiger charge is 2.24. The molecule has 0 radical (unpaired) electrons. The molecule has 0 aliphatic heterocycles. The molecule has 1 aliphatic carbocycles. The second-order valence-corrected chi connectivity index (χ2v) is 4.74. The molecule has 1 aromatic carbocycles. The quantitative estimate of drug-likeness (QED) is 0.764. The summed E-state index contributed by atoms with van der Waals surface area (Å²) in [6, 6.07) is 9.98. The van der Waals surface area contributed by atoms with E-state index in [-0.39, 0.29) is 6.10 Å². The first-order chi connectivity index (χ1) is 7.79. The van der Waals surface area contributed by atoms with Gasteiger partial charge in [-0.2, -0.15) is 0 Å². The second kappa shape index (κ2) is 5.31. The van der Waals surface area contributed by atoms with E-state index in [4.69, 9.17) is 0 Å². The average molecular weight is 216 g/mol. The zero-order chi connectivity index (χ0) is 11.4. The Hall–Kier alpha value is -1.08. The van der Waals surface area contributed by atoms with Crippen LogP contribution in [0.3, 0.4) is 0 Å². The number of benzene rings is 1. The molecule has 86 valence electrons. The van der Waals surface area contributed by atoms with Crippen LogP contribution in [0.5, 0.6) is 0 Å². The van der Waals surface area contributed by atoms with Crippen molar-refractivity contribution in [3.8, 4) is 0 Å². The highest BCUT2D eigenvalue weighted by Crippen LogP contribution is 2.33. The van der Waals surface area contributed by atoms with Crippen LogP contribution in [0.1, 0.15) is 37.9 Å². The molecule has 0 heterocycles. The Morgan fingerprint density at radius 2 is 2.00 bits per heavy atom. The van der Waals surface area contributed by atoms with Crippen LogP contribution in [0.2, 0.25) is 0 Å². The summed E-state index contributed by atoms with van der Waals surface area (Å²) in [5.74, 6) is 0.836. The van der Waals surface area contributed by atoms with Crippen LogP contribution in [0.15, 0.2) is 42.5 Å². The van der Waals surface area contributed by atoms with Crippen molar-refractivity contribution in [2.45, 2.75) is 32.3 Å². The van der Waals surface area contributed by atoms with Crippen LogP contribution in [-0.4, -0.2) is 5.11 Å². The van der Waals surface area contributed by atoms with Gasteiger partial charge >= 0.3 is 0 Å². The van der Waals surface area contributed by atoms with Gasteiger partial charge in [0.2, 0.25) is 0 Å². The van der Waals surface area contributed by atoms with Gasteiger partial charge in [0.25, 0.3) is 0 Å². The van der Waals surface area contributed by atoms with Gasteiger partial charge in [-0.25, -0.2) is 0 Å². The van der Waals surface area contributed by atoms with E-state index in [0.717, 1.165) is 5.56 Å². The van der Waals surface area contributed by atoms with Crippen molar-refractivity contribution >= 4 is 0 Å². The topological polar surface area (TPSA) is 20.2 Å². The van der Waals surface area contributed by atoms with Crippen LogP contribution in [-0.2, 0) is 0 Å². The van der Waals surface area contributed by atoms with Crippen molar-refractivity contribution in [3.05, 3.63) is 48.0 Å². The first-order valence-corrected chi connectivity index (χ1v) is 6.18. The summed E-state index contributed by atoms with van der Waals surface area (Å²) in [7, 11) is 0. The van der Waals surface area contributed by atoms with Gasteiger partial charge in [0.15, 0.2) is 0 Å². The maximum absolute atomic E-state index is 10.3. The molecule has 0 fully saturated rings. The second-order valence-electron chi connectivity index (χ2n) is 4.74. The zero-order valence-electron chi connectivity index (χ0n) is 9.84. The first kappa shape index (κ1) is 11.4. The van der Waals surface area contributed by atoms with Crippen molar-refractivity contribution in [2.24, 2.45) is 11.8 Å². The summed E-state index contributed by atoms with van der Waals surface area (Å²) in [5.41, 5.74) is 1.04. The third kappa shape index (κ3) is 2.53. The number of hydrogen-bond acceptors (Lipinski definition) is 1. The highest BCUT2D eigenvalue weighted by molar-refractivity contribution is 5.18. The SMILES string of the molecule is CC(C1C=CCCC1)C(O)c1ccccc1. The molecule has 2 rings (SSSR count). The molecule has 0 saturated carbocycles. The number of hydrogen-bond donors (Lipinski definition) is 1. The number of rotatable bonds is 3. The van der Waals surface area contributed by atoms with E-state index in [1.807, 2.05) is 30.3 Å². The summed E-state index contributed by atoms with van der Waals surface area (Å²) in [4.78, 5) is 0. The Morgan fingerprint density at radius 3 is 2.62 bits per heavy atom. The maximum atomic E-state index is 10.3. The summed E-state index contributed by atoms with van der Waals surface area (Å²) >= 11 is 0. The molecule has 0 saturated heterocycles. The van der Waals surface area contributed by atoms with Crippen molar-refractivity contribution in [3.63, 3.8) is 0 Å². The average Bonchev–Trinajstić information content (AvgIpc) is 2.39. The molecule has 3 unspecified atom stereocenters. The summed E-state index contributed by atoms with van der Waals surface area (Å²) < 4.78 is 0. The minimum absolute atomic E-state index is 0.305. The van der Waals surface area contributed by atoms with Crippen LogP contribution in [0.4, 0.5) is 0 Å². The van der Waals surface area contributed by atoms with Gasteiger partial charge in [0.1, 0.15) is 0 Å². The van der Waals surface area contributed by atoms with Gasteiger partial charge in [-0.1, -0.05) is 49.4 Å². The first-order valence-electron chi connectivity index (χ1n) is 6.18. The van der Waals surface area contributed by atoms with E-state index < -0.39 is 0 Å². The van der Waals surface area contributed by atoms with Crippen LogP contribution in [0.25, 0.3) is 0 Å². The van der Waals surface area contributed by atoms with Crippen molar-refractivity contribution < 1.29 is 5.11 Å². The van der Waals surface area contributed by atoms with E-state index in [2.05, 4.69) is 19.1 Å². The minimum atomic E-state index is -0.339. The van der Waals surface area contributed by atoms with Crippen LogP contribution >= 0.6 is 0 Å². The standard InChI is InChI=1S/C15H20O/c1-12(13-8-4-2-5-9-13)15(16)14-10-6-3-7-11-14/h3-4,6-8,10-13,15-16H,2,5,9H2,1H3. The fourth-order valence-electron chi connectivity index (χ4n) is 2.46. The van der Waals surface area contributed by atoms with Gasteiger partial charge < -0.3 is 5.11 Å². The van der Waals surface area contributed by atoms with Crippen molar-refractivity contribution in [1.82, 2.24) is 0 Å². The lowest BCUT2D eigenvalue weighted by molar-refractivity contribution is 0.0906. The molecule has 0 aromatic heterocycles. The molecule has 1 aromatic rings. The predicted molar refractivity (Wildman–Crippen MR) is 67.0 cm³/mol. The number of aliphatic hydroxyl groups excluding tert-OH is 1. The van der Waals surface area contributed by atoms with Gasteiger partial charge in [-0.05, 0) is 36.7 Å². The largest absolute Gasteiger partial charge is 0.388 e. The zero-order valence-corrected chi connectivity index (χ0v) is 9.84. The van der Waals surface area contributed by atoms with Gasteiger partial charge in [-0.3, -0.25) is 0 Å². The lowest BCUT2D eigenvalue weighted by Gasteiger charge is -2.27. The lowest BCUT2D eigenvalue weighted by Crippen LogP contribution is -2.19. The number of allylic oxidation sites excluding steroid dienone is 2. The third-order valence-corrected chi connectivity index (χ3v) is 3.61. The van der Waals surface area contributed by atoms with Gasteiger partial charge in [0, 0.05) is 0 Å². The highest BCUT2D eigenvalue weighted by atomic mass is 16.3. The minimum Gasteiger partial charge on any atom is -0.388 e. The van der Waals surface area contributed by atoms with E-state index in [1.165, 1.54) is 19.3 Å². The van der Waals surface area contributed by atoms with Crippen molar-refractivity contribution in [2.75, 3.05) is 0 Å². The summed E-state index contributed by atoms with van der Waals surface area (Å²) in [6.45, 7) is 2.15. The fourth-order valence-corrected chi connectivity index (χ4v) is 2.46. The Morgan fingerprint density at radius 1 is 1.25 bits per heavy atom. The van der Waals surface area contributed by atoms with Gasteiger partial charge in [-0.15, -0.1) is 0 Å². The lowest BCUT2D eigenvalue weighted by atomic mass is 9.80. The molecule has 0 amide bonds. The molecule has 1 heteroatoms. The summed E-state index contributed by atoms with van der Waals surface area (Å²) in [6.07, 6.45) is 7.86. The van der Waals surface area contributed by atoms with E-state index >= 15 is 0 Å². The molecule has 1 aliphatic rings. The Labute approximate surface area is 97.8 Å². The molecular weight excluding hydrogens is 196 g/mol. The molecule has 1 nitrogen and oxygen atoms in total. The molecule has 1 N–H and O–H groups in total. The van der Waals surface area contributed by atoms with E-state index in [9.17, 15) is 5.11 Å². The maximum Gasteiger partial charge on any atom is 0.0821 e. The molecular formula is C15H20O. The van der Waals surface area contributed by atoms with Crippen LogP contribution in [0, 0.1) is 11.8 Å².